The van der Waals surface area contributed by atoms with Crippen LogP contribution in [-0.4, -0.2) is 44.5 Å². The molecule has 0 N–H and O–H groups in total. The summed E-state index contributed by atoms with van der Waals surface area (Å²) >= 11 is 0. The molecule has 1 aliphatic heterocycles. The summed E-state index contributed by atoms with van der Waals surface area (Å²) in [6, 6.07) is 7.17. The average molecular weight is 344 g/mol. The monoisotopic (exact) mass is 344 g/mol. The molecule has 0 atom stereocenters. The quantitative estimate of drug-likeness (QED) is 0.775. The van der Waals surface area contributed by atoms with Crippen LogP contribution < -0.4 is 4.90 Å². The molecule has 130 valence electrons. The minimum atomic E-state index is -0.661. The van der Waals surface area contributed by atoms with E-state index in [1.54, 1.807) is 23.1 Å². The number of esters is 2. The van der Waals surface area contributed by atoms with Gasteiger partial charge in [-0.3, -0.25) is 0 Å². The van der Waals surface area contributed by atoms with Crippen LogP contribution in [0, 0.1) is 0 Å². The molecule has 2 aromatic rings. The van der Waals surface area contributed by atoms with Crippen molar-refractivity contribution in [2.45, 2.75) is 0 Å². The molecule has 1 aromatic carbocycles. The summed E-state index contributed by atoms with van der Waals surface area (Å²) in [5.41, 5.74) is 1.39. The van der Waals surface area contributed by atoms with Gasteiger partial charge in [0.25, 0.3) is 0 Å². The summed E-state index contributed by atoms with van der Waals surface area (Å²) in [6.07, 6.45) is 2.98. The smallest absolute Gasteiger partial charge is 0.355 e. The lowest BCUT2D eigenvalue weighted by molar-refractivity contribution is -0.140. The van der Waals surface area contributed by atoms with Gasteiger partial charge in [0, 0.05) is 0 Å². The third kappa shape index (κ3) is 3.11. The van der Waals surface area contributed by atoms with Gasteiger partial charge in [0.05, 0.1) is 43.8 Å². The Balaban J connectivity index is 2.16. The molecule has 0 fully saturated rings. The number of carbonyl (C=O) groups excluding carboxylic acids is 2. The molecule has 8 nitrogen and oxygen atoms in total. The van der Waals surface area contributed by atoms with Gasteiger partial charge in [-0.1, -0.05) is 12.1 Å². The third-order valence-electron chi connectivity index (χ3n) is 3.69. The zero-order valence-corrected chi connectivity index (χ0v) is 13.7. The van der Waals surface area contributed by atoms with Crippen LogP contribution in [0.25, 0.3) is 11.5 Å². The number of carbonyl (C=O) groups is 2. The molecule has 0 saturated carbocycles. The molecule has 0 spiro atoms. The van der Waals surface area contributed by atoms with E-state index in [-0.39, 0.29) is 24.6 Å². The van der Waals surface area contributed by atoms with E-state index in [1.807, 2.05) is 6.07 Å². The Hall–Kier alpha value is -3.13. The number of nitrogens with zero attached hydrogens (tertiary/aromatic N) is 2. The molecule has 0 aliphatic carbocycles. The number of rotatable bonds is 4. The number of methoxy groups -OCH3 is 2. The van der Waals surface area contributed by atoms with Crippen LogP contribution in [0.5, 0.6) is 0 Å². The Morgan fingerprint density at radius 3 is 2.60 bits per heavy atom. The first-order chi connectivity index (χ1) is 12.2. The second-order valence-corrected chi connectivity index (χ2v) is 5.07. The van der Waals surface area contributed by atoms with Crippen molar-refractivity contribution in [2.75, 3.05) is 32.5 Å². The maximum absolute atomic E-state index is 12.4. The number of aromatic nitrogens is 1. The van der Waals surface area contributed by atoms with Gasteiger partial charge in [-0.05, 0) is 12.1 Å². The minimum absolute atomic E-state index is 0.0468. The predicted molar refractivity (Wildman–Crippen MR) is 86.3 cm³/mol. The molecule has 1 aromatic heterocycles. The van der Waals surface area contributed by atoms with Crippen molar-refractivity contribution < 1.29 is 28.2 Å². The third-order valence-corrected chi connectivity index (χ3v) is 3.69. The number of ether oxygens (including phenoxy) is 3. The number of anilines is 1. The first kappa shape index (κ1) is 16.7. The molecule has 0 bridgehead atoms. The molecule has 2 heterocycles. The van der Waals surface area contributed by atoms with Gasteiger partial charge in [-0.15, -0.1) is 0 Å². The van der Waals surface area contributed by atoms with E-state index in [0.29, 0.717) is 17.1 Å². The Morgan fingerprint density at radius 2 is 1.92 bits per heavy atom. The van der Waals surface area contributed by atoms with E-state index in [1.165, 1.54) is 26.7 Å². The van der Waals surface area contributed by atoms with Crippen molar-refractivity contribution in [3.63, 3.8) is 0 Å². The molecule has 0 unspecified atom stereocenters. The number of hydrogen-bond acceptors (Lipinski definition) is 8. The van der Waals surface area contributed by atoms with E-state index in [9.17, 15) is 9.59 Å². The van der Waals surface area contributed by atoms with Crippen molar-refractivity contribution in [3.05, 3.63) is 48.0 Å². The fraction of sp³-hybridized carbons (Fsp3) is 0.235. The molecule has 0 radical (unpaired) electrons. The van der Waals surface area contributed by atoms with Crippen molar-refractivity contribution in [1.82, 2.24) is 4.98 Å². The molecular weight excluding hydrogens is 328 g/mol. The van der Waals surface area contributed by atoms with Gasteiger partial charge in [0.1, 0.15) is 18.7 Å². The van der Waals surface area contributed by atoms with Gasteiger partial charge in [-0.2, -0.15) is 0 Å². The van der Waals surface area contributed by atoms with Gasteiger partial charge in [-0.25, -0.2) is 14.6 Å². The SMILES string of the molecule is COC(=O)C1=C(C(=O)OC)N(c2ccccc2-c2ncco2)COC1. The highest BCUT2D eigenvalue weighted by Gasteiger charge is 2.33. The van der Waals surface area contributed by atoms with Gasteiger partial charge < -0.3 is 23.5 Å². The predicted octanol–water partition coefficient (Wildman–Crippen LogP) is 1.74. The number of benzene rings is 1. The highest BCUT2D eigenvalue weighted by atomic mass is 16.5. The van der Waals surface area contributed by atoms with Crippen LogP contribution in [0.1, 0.15) is 0 Å². The number of oxazole rings is 1. The molecule has 0 saturated heterocycles. The molecular formula is C17H16N2O6. The van der Waals surface area contributed by atoms with Crippen molar-refractivity contribution >= 4 is 17.6 Å². The summed E-state index contributed by atoms with van der Waals surface area (Å²) in [7, 11) is 2.49. The van der Waals surface area contributed by atoms with E-state index in [4.69, 9.17) is 18.6 Å². The molecule has 25 heavy (non-hydrogen) atoms. The lowest BCUT2D eigenvalue weighted by Crippen LogP contribution is -2.39. The Labute approximate surface area is 143 Å². The maximum atomic E-state index is 12.4. The lowest BCUT2D eigenvalue weighted by atomic mass is 10.1. The highest BCUT2D eigenvalue weighted by Crippen LogP contribution is 2.34. The molecule has 8 heteroatoms. The lowest BCUT2D eigenvalue weighted by Gasteiger charge is -2.32. The minimum Gasteiger partial charge on any atom is -0.466 e. The summed E-state index contributed by atoms with van der Waals surface area (Å²) < 4.78 is 20.5. The van der Waals surface area contributed by atoms with Crippen LogP contribution in [0.3, 0.4) is 0 Å². The normalized spacial score (nSPS) is 14.4. The fourth-order valence-corrected chi connectivity index (χ4v) is 2.58. The van der Waals surface area contributed by atoms with Gasteiger partial charge in [0.2, 0.25) is 5.89 Å². The van der Waals surface area contributed by atoms with Crippen LogP contribution in [0.2, 0.25) is 0 Å². The largest absolute Gasteiger partial charge is 0.466 e. The van der Waals surface area contributed by atoms with E-state index in [0.717, 1.165) is 0 Å². The van der Waals surface area contributed by atoms with Crippen LogP contribution in [0.15, 0.2) is 52.4 Å². The van der Waals surface area contributed by atoms with E-state index >= 15 is 0 Å². The summed E-state index contributed by atoms with van der Waals surface area (Å²) in [5.74, 6) is -0.936. The van der Waals surface area contributed by atoms with E-state index in [2.05, 4.69) is 4.98 Å². The molecule has 0 amide bonds. The van der Waals surface area contributed by atoms with Crippen molar-refractivity contribution in [1.29, 1.82) is 0 Å². The zero-order chi connectivity index (χ0) is 17.8. The van der Waals surface area contributed by atoms with Gasteiger partial charge in [0.15, 0.2) is 0 Å². The standard InChI is InChI=1S/C17H16N2O6/c1-22-16(20)12-9-24-10-19(14(12)17(21)23-2)13-6-4-3-5-11(13)15-18-7-8-25-15/h3-8H,9-10H2,1-2H3. The number of hydrogen-bond donors (Lipinski definition) is 0. The topological polar surface area (TPSA) is 91.1 Å². The summed E-state index contributed by atoms with van der Waals surface area (Å²) in [6.45, 7) is 0.0113. The number of para-hydroxylation sites is 1. The average Bonchev–Trinajstić information content (AvgIpc) is 3.20. The molecule has 3 rings (SSSR count). The van der Waals surface area contributed by atoms with Crippen LogP contribution in [-0.2, 0) is 23.8 Å². The van der Waals surface area contributed by atoms with E-state index < -0.39 is 11.9 Å². The summed E-state index contributed by atoms with van der Waals surface area (Å²) in [5, 5.41) is 0. The first-order valence-corrected chi connectivity index (χ1v) is 7.41. The van der Waals surface area contributed by atoms with Gasteiger partial charge >= 0.3 is 11.9 Å². The first-order valence-electron chi connectivity index (χ1n) is 7.41. The Kier molecular flexibility index (Phi) is 4.80. The summed E-state index contributed by atoms with van der Waals surface area (Å²) in [4.78, 5) is 30.1. The fourth-order valence-electron chi connectivity index (χ4n) is 2.58. The zero-order valence-electron chi connectivity index (χ0n) is 13.7. The maximum Gasteiger partial charge on any atom is 0.355 e. The van der Waals surface area contributed by atoms with Crippen molar-refractivity contribution in [2.24, 2.45) is 0 Å². The Bertz CT molecular complexity index is 812. The molecule has 1 aliphatic rings. The highest BCUT2D eigenvalue weighted by molar-refractivity contribution is 6.04. The Morgan fingerprint density at radius 1 is 1.16 bits per heavy atom. The second kappa shape index (κ2) is 7.18. The van der Waals surface area contributed by atoms with Crippen molar-refractivity contribution in [3.8, 4) is 11.5 Å². The second-order valence-electron chi connectivity index (χ2n) is 5.07. The van der Waals surface area contributed by atoms with Crippen LogP contribution in [0.4, 0.5) is 5.69 Å². The van der Waals surface area contributed by atoms with Crippen LogP contribution >= 0.6 is 0 Å².